The predicted molar refractivity (Wildman–Crippen MR) is 115 cm³/mol. The Kier molecular flexibility index (Phi) is 5.46. The SMILES string of the molecule is Cc1ccc(C(=O)Oc2ccc(/C=C3\C(=O)ON=C3c3ccc(Cl)cc3)cc2)cc1. The minimum absolute atomic E-state index is 0.335. The standard InChI is InChI=1S/C24H16ClNO4/c1-15-2-6-18(7-3-15)23(27)29-20-12-4-16(5-13-20)14-21-22(26-30-24(21)28)17-8-10-19(25)11-9-17/h2-14H,1H3/b21-14-. The maximum absolute atomic E-state index is 12.2. The molecule has 3 aromatic carbocycles. The Morgan fingerprint density at radius 1 is 0.967 bits per heavy atom. The van der Waals surface area contributed by atoms with Crippen molar-refractivity contribution in [3.63, 3.8) is 0 Å². The lowest BCUT2D eigenvalue weighted by Gasteiger charge is -2.05. The zero-order chi connectivity index (χ0) is 21.1. The summed E-state index contributed by atoms with van der Waals surface area (Å²) in [5, 5.41) is 4.47. The van der Waals surface area contributed by atoms with Gasteiger partial charge in [0.05, 0.1) is 11.1 Å². The van der Waals surface area contributed by atoms with E-state index in [9.17, 15) is 9.59 Å². The van der Waals surface area contributed by atoms with Crippen LogP contribution in [0.3, 0.4) is 0 Å². The second-order valence-corrected chi connectivity index (χ2v) is 7.14. The first-order valence-electron chi connectivity index (χ1n) is 9.16. The molecule has 1 aliphatic heterocycles. The van der Waals surface area contributed by atoms with E-state index in [4.69, 9.17) is 21.2 Å². The molecule has 0 atom stereocenters. The average molecular weight is 418 g/mol. The van der Waals surface area contributed by atoms with Gasteiger partial charge in [-0.3, -0.25) is 0 Å². The van der Waals surface area contributed by atoms with Gasteiger partial charge in [0.15, 0.2) is 0 Å². The molecule has 0 aliphatic carbocycles. The summed E-state index contributed by atoms with van der Waals surface area (Å²) in [5.41, 5.74) is 3.77. The van der Waals surface area contributed by atoms with Crippen LogP contribution in [0.5, 0.6) is 5.75 Å². The number of rotatable bonds is 4. The van der Waals surface area contributed by atoms with Crippen molar-refractivity contribution in [3.8, 4) is 5.75 Å². The van der Waals surface area contributed by atoms with Gasteiger partial charge in [-0.15, -0.1) is 0 Å². The molecule has 0 unspecified atom stereocenters. The molecule has 5 nitrogen and oxygen atoms in total. The van der Waals surface area contributed by atoms with Crippen molar-refractivity contribution < 1.29 is 19.2 Å². The Balaban J connectivity index is 1.52. The second-order valence-electron chi connectivity index (χ2n) is 6.71. The van der Waals surface area contributed by atoms with Gasteiger partial charge in [-0.2, -0.15) is 0 Å². The fourth-order valence-corrected chi connectivity index (χ4v) is 3.01. The lowest BCUT2D eigenvalue weighted by atomic mass is 10.0. The topological polar surface area (TPSA) is 65.0 Å². The molecule has 3 aromatic rings. The molecule has 1 heterocycles. The first kappa shape index (κ1) is 19.6. The van der Waals surface area contributed by atoms with Crippen LogP contribution in [0.15, 0.2) is 83.5 Å². The fourth-order valence-electron chi connectivity index (χ4n) is 2.88. The Morgan fingerprint density at radius 2 is 1.63 bits per heavy atom. The van der Waals surface area contributed by atoms with Crippen molar-refractivity contribution in [2.24, 2.45) is 5.16 Å². The maximum atomic E-state index is 12.2. The number of esters is 1. The summed E-state index contributed by atoms with van der Waals surface area (Å²) in [5.74, 6) is -0.559. The van der Waals surface area contributed by atoms with Gasteiger partial charge in [-0.05, 0) is 55.0 Å². The third-order valence-electron chi connectivity index (χ3n) is 4.50. The average Bonchev–Trinajstić information content (AvgIpc) is 3.11. The van der Waals surface area contributed by atoms with E-state index in [0.717, 1.165) is 16.7 Å². The minimum Gasteiger partial charge on any atom is -0.423 e. The Hall–Kier alpha value is -3.70. The number of hydrogen-bond acceptors (Lipinski definition) is 5. The summed E-state index contributed by atoms with van der Waals surface area (Å²) in [4.78, 5) is 29.2. The van der Waals surface area contributed by atoms with Crippen molar-refractivity contribution >= 4 is 35.3 Å². The Labute approximate surface area is 178 Å². The summed E-state index contributed by atoms with van der Waals surface area (Å²) in [6, 6.07) is 20.9. The molecule has 1 aliphatic rings. The molecular formula is C24H16ClNO4. The lowest BCUT2D eigenvalue weighted by molar-refractivity contribution is -0.136. The lowest BCUT2D eigenvalue weighted by Crippen LogP contribution is -2.08. The number of hydrogen-bond donors (Lipinski definition) is 0. The Morgan fingerprint density at radius 3 is 2.30 bits per heavy atom. The fraction of sp³-hybridized carbons (Fsp3) is 0.0417. The number of nitrogens with zero attached hydrogens (tertiary/aromatic N) is 1. The number of benzene rings is 3. The molecule has 0 saturated heterocycles. The molecule has 4 rings (SSSR count). The number of aryl methyl sites for hydroxylation is 1. The number of oxime groups is 1. The number of carbonyl (C=O) groups excluding carboxylic acids is 2. The van der Waals surface area contributed by atoms with E-state index >= 15 is 0 Å². The highest BCUT2D eigenvalue weighted by atomic mass is 35.5. The van der Waals surface area contributed by atoms with E-state index in [1.165, 1.54) is 0 Å². The predicted octanol–water partition coefficient (Wildman–Crippen LogP) is 5.21. The van der Waals surface area contributed by atoms with Crippen molar-refractivity contribution in [3.05, 3.63) is 106 Å². The van der Waals surface area contributed by atoms with Gasteiger partial charge < -0.3 is 9.57 Å². The molecule has 148 valence electrons. The summed E-state index contributed by atoms with van der Waals surface area (Å²) in [7, 11) is 0. The minimum atomic E-state index is -0.533. The van der Waals surface area contributed by atoms with Crippen LogP contribution in [0.2, 0.25) is 5.02 Å². The zero-order valence-electron chi connectivity index (χ0n) is 16.0. The van der Waals surface area contributed by atoms with Gasteiger partial charge in [0, 0.05) is 10.6 Å². The highest BCUT2D eigenvalue weighted by molar-refractivity contribution is 6.32. The smallest absolute Gasteiger partial charge is 0.368 e. The molecule has 0 amide bonds. The molecule has 0 spiro atoms. The van der Waals surface area contributed by atoms with Gasteiger partial charge in [0.25, 0.3) is 0 Å². The molecule has 0 aromatic heterocycles. The molecule has 0 fully saturated rings. The van der Waals surface area contributed by atoms with E-state index in [-0.39, 0.29) is 0 Å². The quantitative estimate of drug-likeness (QED) is 0.253. The first-order valence-corrected chi connectivity index (χ1v) is 9.54. The van der Waals surface area contributed by atoms with Crippen LogP contribution < -0.4 is 4.74 Å². The van der Waals surface area contributed by atoms with Crippen molar-refractivity contribution in [1.29, 1.82) is 0 Å². The van der Waals surface area contributed by atoms with Crippen LogP contribution in [0.25, 0.3) is 6.08 Å². The molecule has 0 saturated carbocycles. The normalized spacial score (nSPS) is 14.4. The molecule has 0 N–H and O–H groups in total. The molecular weight excluding hydrogens is 402 g/mol. The Bertz CT molecular complexity index is 1160. The number of ether oxygens (including phenoxy) is 1. The maximum Gasteiger partial charge on any atom is 0.368 e. The third-order valence-corrected chi connectivity index (χ3v) is 4.75. The highest BCUT2D eigenvalue weighted by Crippen LogP contribution is 2.23. The zero-order valence-corrected chi connectivity index (χ0v) is 16.7. The van der Waals surface area contributed by atoms with Crippen molar-refractivity contribution in [1.82, 2.24) is 0 Å². The molecule has 6 heteroatoms. The van der Waals surface area contributed by atoms with Gasteiger partial charge in [0.1, 0.15) is 11.5 Å². The van der Waals surface area contributed by atoms with Crippen LogP contribution in [0.4, 0.5) is 0 Å². The monoisotopic (exact) mass is 417 g/mol. The van der Waals surface area contributed by atoms with Crippen molar-refractivity contribution in [2.75, 3.05) is 0 Å². The largest absolute Gasteiger partial charge is 0.423 e. The first-order chi connectivity index (χ1) is 14.5. The van der Waals surface area contributed by atoms with Crippen LogP contribution >= 0.6 is 11.6 Å². The number of carbonyl (C=O) groups is 2. The molecule has 0 bridgehead atoms. The van der Waals surface area contributed by atoms with Gasteiger partial charge in [-0.1, -0.05) is 58.7 Å². The van der Waals surface area contributed by atoms with E-state index in [0.29, 0.717) is 27.6 Å². The van der Waals surface area contributed by atoms with Crippen LogP contribution in [0, 0.1) is 6.92 Å². The number of halogens is 1. The van der Waals surface area contributed by atoms with Gasteiger partial charge in [0.2, 0.25) is 0 Å². The van der Waals surface area contributed by atoms with E-state index in [1.807, 2.05) is 19.1 Å². The second kappa shape index (κ2) is 8.35. The molecule has 0 radical (unpaired) electrons. The highest BCUT2D eigenvalue weighted by Gasteiger charge is 2.26. The van der Waals surface area contributed by atoms with Crippen molar-refractivity contribution in [2.45, 2.75) is 6.92 Å². The van der Waals surface area contributed by atoms with Crippen LogP contribution in [-0.2, 0) is 9.63 Å². The van der Waals surface area contributed by atoms with Gasteiger partial charge in [-0.25, -0.2) is 9.59 Å². The van der Waals surface area contributed by atoms with Crippen LogP contribution in [0.1, 0.15) is 27.0 Å². The molecule has 30 heavy (non-hydrogen) atoms. The summed E-state index contributed by atoms with van der Waals surface area (Å²) >= 11 is 5.92. The van der Waals surface area contributed by atoms with Crippen LogP contribution in [-0.4, -0.2) is 17.7 Å². The van der Waals surface area contributed by atoms with E-state index < -0.39 is 11.9 Å². The summed E-state index contributed by atoms with van der Waals surface area (Å²) in [6.07, 6.45) is 1.67. The van der Waals surface area contributed by atoms with E-state index in [2.05, 4.69) is 5.16 Å². The third kappa shape index (κ3) is 4.31. The van der Waals surface area contributed by atoms with Gasteiger partial charge >= 0.3 is 11.9 Å². The van der Waals surface area contributed by atoms with E-state index in [1.54, 1.807) is 66.7 Å². The summed E-state index contributed by atoms with van der Waals surface area (Å²) in [6.45, 7) is 1.95. The summed E-state index contributed by atoms with van der Waals surface area (Å²) < 4.78 is 5.40.